The number of aliphatic hydroxyl groups excluding tert-OH is 1. The van der Waals surface area contributed by atoms with E-state index in [1.54, 1.807) is 0 Å². The first-order chi connectivity index (χ1) is 7.39. The molecule has 0 aromatic heterocycles. The van der Waals surface area contributed by atoms with Crippen molar-refractivity contribution in [2.75, 3.05) is 7.05 Å². The fraction of sp³-hybridized carbons (Fsp3) is 1.00. The molecule has 2 fully saturated rings. The van der Waals surface area contributed by atoms with Gasteiger partial charge in [0.15, 0.2) is 0 Å². The molecule has 0 radical (unpaired) electrons. The zero-order valence-electron chi connectivity index (χ0n) is 9.37. The fourth-order valence-corrected chi connectivity index (χ4v) is 3.11. The Bertz CT molecular complexity index is 256. The van der Waals surface area contributed by atoms with Crippen molar-refractivity contribution in [2.24, 2.45) is 5.92 Å². The first kappa shape index (κ1) is 12.2. The van der Waals surface area contributed by atoms with Gasteiger partial charge >= 0.3 is 6.18 Å². The van der Waals surface area contributed by atoms with E-state index in [4.69, 9.17) is 0 Å². The normalized spacial score (nSPS) is 41.8. The summed E-state index contributed by atoms with van der Waals surface area (Å²) >= 11 is 0. The third-order valence-corrected chi connectivity index (χ3v) is 4.15. The van der Waals surface area contributed by atoms with Gasteiger partial charge in [-0.05, 0) is 32.7 Å². The molecule has 2 nitrogen and oxygen atoms in total. The molecule has 2 aliphatic heterocycles. The average Bonchev–Trinajstić information content (AvgIpc) is 2.25. The van der Waals surface area contributed by atoms with Crippen molar-refractivity contribution in [3.63, 3.8) is 0 Å². The van der Waals surface area contributed by atoms with Crippen LogP contribution in [0.3, 0.4) is 0 Å². The van der Waals surface area contributed by atoms with Crippen LogP contribution in [0.25, 0.3) is 0 Å². The molecule has 4 atom stereocenters. The molecule has 0 aliphatic carbocycles. The highest BCUT2D eigenvalue weighted by Crippen LogP contribution is 2.41. The first-order valence-corrected chi connectivity index (χ1v) is 5.86. The van der Waals surface area contributed by atoms with Crippen LogP contribution in [0.2, 0.25) is 0 Å². The number of hydrogen-bond acceptors (Lipinski definition) is 2. The Kier molecular flexibility index (Phi) is 3.18. The molecule has 0 spiro atoms. The SMILES string of the molecule is CN1C2CCCC1CC(C(F)(F)F)C(O)C2. The number of alkyl halides is 3. The van der Waals surface area contributed by atoms with Gasteiger partial charge in [0.25, 0.3) is 0 Å². The van der Waals surface area contributed by atoms with Crippen molar-refractivity contribution in [3.8, 4) is 0 Å². The molecule has 0 amide bonds. The van der Waals surface area contributed by atoms with E-state index in [-0.39, 0.29) is 24.9 Å². The van der Waals surface area contributed by atoms with Gasteiger partial charge in [0.2, 0.25) is 0 Å². The van der Waals surface area contributed by atoms with E-state index >= 15 is 0 Å². The van der Waals surface area contributed by atoms with E-state index < -0.39 is 18.2 Å². The van der Waals surface area contributed by atoms with Crippen molar-refractivity contribution >= 4 is 0 Å². The topological polar surface area (TPSA) is 23.5 Å². The van der Waals surface area contributed by atoms with Gasteiger partial charge in [-0.25, -0.2) is 0 Å². The van der Waals surface area contributed by atoms with Gasteiger partial charge < -0.3 is 10.0 Å². The minimum atomic E-state index is -4.27. The van der Waals surface area contributed by atoms with Crippen LogP contribution in [0.4, 0.5) is 13.2 Å². The molecule has 2 heterocycles. The number of rotatable bonds is 0. The van der Waals surface area contributed by atoms with Crippen LogP contribution in [0, 0.1) is 5.92 Å². The second-order valence-electron chi connectivity index (χ2n) is 5.09. The van der Waals surface area contributed by atoms with Crippen molar-refractivity contribution in [3.05, 3.63) is 0 Å². The Hall–Kier alpha value is -0.290. The Labute approximate surface area is 93.4 Å². The molecule has 5 heteroatoms. The van der Waals surface area contributed by atoms with E-state index in [2.05, 4.69) is 0 Å². The van der Waals surface area contributed by atoms with Crippen LogP contribution < -0.4 is 0 Å². The molecule has 94 valence electrons. The maximum Gasteiger partial charge on any atom is 0.394 e. The number of halogens is 3. The summed E-state index contributed by atoms with van der Waals surface area (Å²) in [6, 6.07) is 0.114. The Morgan fingerprint density at radius 3 is 2.25 bits per heavy atom. The zero-order valence-corrected chi connectivity index (χ0v) is 9.37. The lowest BCUT2D eigenvalue weighted by Crippen LogP contribution is -2.43. The molecule has 1 N–H and O–H groups in total. The summed E-state index contributed by atoms with van der Waals surface area (Å²) in [5, 5.41) is 9.70. The number of fused-ring (bicyclic) bond motifs is 2. The molecule has 4 unspecified atom stereocenters. The van der Waals surface area contributed by atoms with E-state index in [9.17, 15) is 18.3 Å². The summed E-state index contributed by atoms with van der Waals surface area (Å²) in [5.41, 5.74) is 0. The fourth-order valence-electron chi connectivity index (χ4n) is 3.11. The zero-order chi connectivity index (χ0) is 11.9. The van der Waals surface area contributed by atoms with Gasteiger partial charge in [-0.1, -0.05) is 6.42 Å². The summed E-state index contributed by atoms with van der Waals surface area (Å²) < 4.78 is 38.3. The highest BCUT2D eigenvalue weighted by Gasteiger charge is 2.49. The Morgan fingerprint density at radius 1 is 1.12 bits per heavy atom. The number of hydrogen-bond donors (Lipinski definition) is 1. The van der Waals surface area contributed by atoms with Crippen LogP contribution in [0.15, 0.2) is 0 Å². The smallest absolute Gasteiger partial charge is 0.392 e. The van der Waals surface area contributed by atoms with Crippen LogP contribution >= 0.6 is 0 Å². The second-order valence-corrected chi connectivity index (χ2v) is 5.09. The highest BCUT2D eigenvalue weighted by atomic mass is 19.4. The van der Waals surface area contributed by atoms with Crippen molar-refractivity contribution in [1.29, 1.82) is 0 Å². The molecular formula is C11H18F3NO. The van der Waals surface area contributed by atoms with Crippen LogP contribution in [-0.2, 0) is 0 Å². The molecule has 2 bridgehead atoms. The van der Waals surface area contributed by atoms with Crippen molar-refractivity contribution < 1.29 is 18.3 Å². The lowest BCUT2D eigenvalue weighted by Gasteiger charge is -2.37. The summed E-state index contributed by atoms with van der Waals surface area (Å²) in [7, 11) is 1.89. The van der Waals surface area contributed by atoms with Gasteiger partial charge in [0.05, 0.1) is 12.0 Å². The average molecular weight is 237 g/mol. The Balaban J connectivity index is 2.19. The highest BCUT2D eigenvalue weighted by molar-refractivity contribution is 4.93. The van der Waals surface area contributed by atoms with Crippen molar-refractivity contribution in [2.45, 2.75) is 56.5 Å². The van der Waals surface area contributed by atoms with Gasteiger partial charge in [0, 0.05) is 12.1 Å². The predicted molar refractivity (Wildman–Crippen MR) is 54.0 cm³/mol. The van der Waals surface area contributed by atoms with Gasteiger partial charge in [-0.15, -0.1) is 0 Å². The van der Waals surface area contributed by atoms with Gasteiger partial charge in [-0.2, -0.15) is 13.2 Å². The maximum atomic E-state index is 12.8. The third-order valence-electron chi connectivity index (χ3n) is 4.15. The van der Waals surface area contributed by atoms with Crippen molar-refractivity contribution in [1.82, 2.24) is 4.90 Å². The number of aliphatic hydroxyl groups is 1. The quantitative estimate of drug-likeness (QED) is 0.698. The predicted octanol–water partition coefficient (Wildman–Crippen LogP) is 2.17. The minimum absolute atomic E-state index is 0.0116. The third kappa shape index (κ3) is 2.20. The van der Waals surface area contributed by atoms with Crippen LogP contribution in [0.5, 0.6) is 0 Å². The monoisotopic (exact) mass is 237 g/mol. The molecule has 0 aromatic rings. The molecule has 2 saturated heterocycles. The largest absolute Gasteiger partial charge is 0.394 e. The molecule has 0 aromatic carbocycles. The van der Waals surface area contributed by atoms with Crippen LogP contribution in [0.1, 0.15) is 32.1 Å². The van der Waals surface area contributed by atoms with Gasteiger partial charge in [-0.3, -0.25) is 0 Å². The lowest BCUT2D eigenvalue weighted by molar-refractivity contribution is -0.202. The standard InChI is InChI=1S/C11H18F3NO/c1-15-7-3-2-4-8(15)6-10(16)9(5-7)11(12,13)14/h7-10,16H,2-6H2,1H3. The Morgan fingerprint density at radius 2 is 1.69 bits per heavy atom. The van der Waals surface area contributed by atoms with E-state index in [1.807, 2.05) is 11.9 Å². The van der Waals surface area contributed by atoms with E-state index in [1.165, 1.54) is 0 Å². The van der Waals surface area contributed by atoms with Crippen LogP contribution in [-0.4, -0.2) is 41.4 Å². The molecule has 2 rings (SSSR count). The molecule has 16 heavy (non-hydrogen) atoms. The number of piperidine rings is 1. The van der Waals surface area contributed by atoms with E-state index in [0.717, 1.165) is 19.3 Å². The lowest BCUT2D eigenvalue weighted by atomic mass is 9.92. The van der Waals surface area contributed by atoms with Gasteiger partial charge in [0.1, 0.15) is 0 Å². The van der Waals surface area contributed by atoms with E-state index in [0.29, 0.717) is 0 Å². The molecule has 2 aliphatic rings. The maximum absolute atomic E-state index is 12.8. The number of nitrogens with zero attached hydrogens (tertiary/aromatic N) is 1. The summed E-state index contributed by atoms with van der Waals surface area (Å²) in [6.07, 6.45) is -2.46. The minimum Gasteiger partial charge on any atom is -0.392 e. The molecule has 0 saturated carbocycles. The summed E-state index contributed by atoms with van der Waals surface area (Å²) in [5.74, 6) is -1.54. The summed E-state index contributed by atoms with van der Waals surface area (Å²) in [4.78, 5) is 2.04. The summed E-state index contributed by atoms with van der Waals surface area (Å²) in [6.45, 7) is 0. The molecular weight excluding hydrogens is 219 g/mol. The second kappa shape index (κ2) is 4.18. The first-order valence-electron chi connectivity index (χ1n) is 5.86.